The van der Waals surface area contributed by atoms with Crippen molar-refractivity contribution in [1.29, 1.82) is 0 Å². The number of anilines is 2. The van der Waals surface area contributed by atoms with Crippen molar-refractivity contribution in [3.05, 3.63) is 99.6 Å². The number of nitro benzene ring substituents is 1. The summed E-state index contributed by atoms with van der Waals surface area (Å²) in [5, 5.41) is 13.6. The molecule has 0 aliphatic carbocycles. The first kappa shape index (κ1) is 19.1. The zero-order valence-corrected chi connectivity index (χ0v) is 14.2. The second kappa shape index (κ2) is 7.51. The van der Waals surface area contributed by atoms with E-state index in [1.165, 1.54) is 42.5 Å². The van der Waals surface area contributed by atoms with Crippen molar-refractivity contribution in [3.63, 3.8) is 0 Å². The standard InChI is InChI=1S/C20H13F3N2O3/c21-20(22,23)15-12-14(19(26)13-6-2-1-3-7-13)10-11-16(15)24-17-8-4-5-9-18(17)25(27)28/h1-12,24H. The predicted molar refractivity (Wildman–Crippen MR) is 97.7 cm³/mol. The van der Waals surface area contributed by atoms with E-state index in [0.29, 0.717) is 0 Å². The van der Waals surface area contributed by atoms with Crippen LogP contribution in [0, 0.1) is 10.1 Å². The van der Waals surface area contributed by atoms with Gasteiger partial charge in [0.05, 0.1) is 16.2 Å². The molecule has 3 aromatic rings. The van der Waals surface area contributed by atoms with Crippen molar-refractivity contribution in [2.75, 3.05) is 5.32 Å². The average molecular weight is 386 g/mol. The molecule has 3 rings (SSSR count). The van der Waals surface area contributed by atoms with E-state index in [4.69, 9.17) is 0 Å². The Kier molecular flexibility index (Phi) is 5.12. The Morgan fingerprint density at radius 1 is 0.857 bits per heavy atom. The molecule has 3 aromatic carbocycles. The number of alkyl halides is 3. The van der Waals surface area contributed by atoms with E-state index >= 15 is 0 Å². The first-order chi connectivity index (χ1) is 13.3. The number of para-hydroxylation sites is 2. The summed E-state index contributed by atoms with van der Waals surface area (Å²) in [7, 11) is 0. The Balaban J connectivity index is 2.04. The lowest BCUT2D eigenvalue weighted by atomic mass is 10.00. The smallest absolute Gasteiger partial charge is 0.349 e. The molecule has 0 aliphatic heterocycles. The molecule has 0 bridgehead atoms. The maximum Gasteiger partial charge on any atom is 0.418 e. The van der Waals surface area contributed by atoms with Gasteiger partial charge in [0, 0.05) is 17.2 Å². The third kappa shape index (κ3) is 4.01. The Morgan fingerprint density at radius 3 is 2.14 bits per heavy atom. The zero-order valence-electron chi connectivity index (χ0n) is 14.2. The van der Waals surface area contributed by atoms with Crippen molar-refractivity contribution in [2.24, 2.45) is 0 Å². The van der Waals surface area contributed by atoms with Crippen LogP contribution in [0.25, 0.3) is 0 Å². The first-order valence-corrected chi connectivity index (χ1v) is 8.09. The van der Waals surface area contributed by atoms with Crippen molar-refractivity contribution >= 4 is 22.8 Å². The van der Waals surface area contributed by atoms with Crippen molar-refractivity contribution < 1.29 is 22.9 Å². The van der Waals surface area contributed by atoms with Crippen LogP contribution in [0.3, 0.4) is 0 Å². The molecule has 142 valence electrons. The molecule has 0 heterocycles. The highest BCUT2D eigenvalue weighted by Gasteiger charge is 2.35. The second-order valence-electron chi connectivity index (χ2n) is 5.85. The minimum absolute atomic E-state index is 0.0832. The molecule has 0 saturated carbocycles. The van der Waals surface area contributed by atoms with E-state index in [1.54, 1.807) is 18.2 Å². The van der Waals surface area contributed by atoms with E-state index in [1.807, 2.05) is 0 Å². The first-order valence-electron chi connectivity index (χ1n) is 8.09. The lowest BCUT2D eigenvalue weighted by molar-refractivity contribution is -0.383. The number of benzene rings is 3. The fourth-order valence-corrected chi connectivity index (χ4v) is 2.67. The minimum atomic E-state index is -4.77. The van der Waals surface area contributed by atoms with Crippen LogP contribution in [0.2, 0.25) is 0 Å². The maximum atomic E-state index is 13.6. The summed E-state index contributed by atoms with van der Waals surface area (Å²) in [6, 6.07) is 16.4. The Labute approximate surface area is 157 Å². The second-order valence-corrected chi connectivity index (χ2v) is 5.85. The molecule has 28 heavy (non-hydrogen) atoms. The van der Waals surface area contributed by atoms with Gasteiger partial charge in [-0.3, -0.25) is 14.9 Å². The normalized spacial score (nSPS) is 11.1. The molecule has 0 amide bonds. The molecule has 0 radical (unpaired) electrons. The van der Waals surface area contributed by atoms with Gasteiger partial charge < -0.3 is 5.32 Å². The number of halogens is 3. The Bertz CT molecular complexity index is 1030. The molecule has 0 spiro atoms. The predicted octanol–water partition coefficient (Wildman–Crippen LogP) is 5.59. The molecule has 0 aromatic heterocycles. The van der Waals surface area contributed by atoms with E-state index in [2.05, 4.69) is 5.32 Å². The summed E-state index contributed by atoms with van der Waals surface area (Å²) < 4.78 is 40.7. The summed E-state index contributed by atoms with van der Waals surface area (Å²) in [5.74, 6) is -0.552. The van der Waals surface area contributed by atoms with Gasteiger partial charge in [-0.1, -0.05) is 42.5 Å². The number of carbonyl (C=O) groups is 1. The Hall–Kier alpha value is -3.68. The van der Waals surface area contributed by atoms with Crippen LogP contribution in [-0.4, -0.2) is 10.7 Å². The monoisotopic (exact) mass is 386 g/mol. The van der Waals surface area contributed by atoms with Crippen LogP contribution in [0.15, 0.2) is 72.8 Å². The molecule has 5 nitrogen and oxygen atoms in total. The van der Waals surface area contributed by atoms with Gasteiger partial charge in [-0.2, -0.15) is 13.2 Å². The third-order valence-electron chi connectivity index (χ3n) is 3.99. The number of nitro groups is 1. The van der Waals surface area contributed by atoms with Crippen molar-refractivity contribution in [2.45, 2.75) is 6.18 Å². The zero-order chi connectivity index (χ0) is 20.3. The average Bonchev–Trinajstić information content (AvgIpc) is 2.68. The van der Waals surface area contributed by atoms with Gasteiger partial charge in [0.15, 0.2) is 5.78 Å². The quantitative estimate of drug-likeness (QED) is 0.353. The van der Waals surface area contributed by atoms with Crippen LogP contribution in [0.4, 0.5) is 30.2 Å². The Morgan fingerprint density at radius 2 is 1.50 bits per heavy atom. The molecule has 0 atom stereocenters. The maximum absolute atomic E-state index is 13.6. The summed E-state index contributed by atoms with van der Waals surface area (Å²) in [4.78, 5) is 22.9. The summed E-state index contributed by atoms with van der Waals surface area (Å²) in [6.45, 7) is 0. The van der Waals surface area contributed by atoms with Gasteiger partial charge in [0.25, 0.3) is 5.69 Å². The lowest BCUT2D eigenvalue weighted by Crippen LogP contribution is -2.12. The lowest BCUT2D eigenvalue weighted by Gasteiger charge is -2.16. The highest BCUT2D eigenvalue weighted by Crippen LogP contribution is 2.38. The molecule has 0 fully saturated rings. The van der Waals surface area contributed by atoms with Crippen LogP contribution < -0.4 is 5.32 Å². The van der Waals surface area contributed by atoms with E-state index < -0.39 is 22.4 Å². The number of nitrogens with zero attached hydrogens (tertiary/aromatic N) is 1. The summed E-state index contributed by atoms with van der Waals surface area (Å²) in [6.07, 6.45) is -4.77. The molecular weight excluding hydrogens is 373 g/mol. The molecule has 0 saturated heterocycles. The SMILES string of the molecule is O=C(c1ccccc1)c1ccc(Nc2ccccc2[N+](=O)[O-])c(C(F)(F)F)c1. The highest BCUT2D eigenvalue weighted by molar-refractivity contribution is 6.09. The van der Waals surface area contributed by atoms with E-state index in [0.717, 1.165) is 12.1 Å². The number of nitrogens with one attached hydrogen (secondary N) is 1. The van der Waals surface area contributed by atoms with Crippen LogP contribution in [0.5, 0.6) is 0 Å². The number of ketones is 1. The van der Waals surface area contributed by atoms with Gasteiger partial charge >= 0.3 is 6.18 Å². The van der Waals surface area contributed by atoms with Gasteiger partial charge in [0.2, 0.25) is 0 Å². The summed E-state index contributed by atoms with van der Waals surface area (Å²) >= 11 is 0. The van der Waals surface area contributed by atoms with E-state index in [-0.39, 0.29) is 28.2 Å². The van der Waals surface area contributed by atoms with Gasteiger partial charge in [0.1, 0.15) is 5.69 Å². The molecule has 8 heteroatoms. The fourth-order valence-electron chi connectivity index (χ4n) is 2.67. The number of carbonyl (C=O) groups excluding carboxylic acids is 1. The van der Waals surface area contributed by atoms with Crippen LogP contribution >= 0.6 is 0 Å². The minimum Gasteiger partial charge on any atom is -0.349 e. The number of hydrogen-bond acceptors (Lipinski definition) is 4. The van der Waals surface area contributed by atoms with Crippen molar-refractivity contribution in [1.82, 2.24) is 0 Å². The molecule has 0 unspecified atom stereocenters. The number of hydrogen-bond donors (Lipinski definition) is 1. The third-order valence-corrected chi connectivity index (χ3v) is 3.99. The topological polar surface area (TPSA) is 72.2 Å². The largest absolute Gasteiger partial charge is 0.418 e. The van der Waals surface area contributed by atoms with Crippen LogP contribution in [-0.2, 0) is 6.18 Å². The van der Waals surface area contributed by atoms with Gasteiger partial charge in [-0.15, -0.1) is 0 Å². The summed E-state index contributed by atoms with van der Waals surface area (Å²) in [5.41, 5.74) is -1.79. The van der Waals surface area contributed by atoms with Crippen LogP contribution in [0.1, 0.15) is 21.5 Å². The fraction of sp³-hybridized carbons (Fsp3) is 0.0500. The molecule has 1 N–H and O–H groups in total. The number of rotatable bonds is 5. The molecular formula is C20H13F3N2O3. The highest BCUT2D eigenvalue weighted by atomic mass is 19.4. The van der Waals surface area contributed by atoms with Gasteiger partial charge in [-0.25, -0.2) is 0 Å². The molecule has 0 aliphatic rings. The van der Waals surface area contributed by atoms with E-state index in [9.17, 15) is 28.1 Å². The van der Waals surface area contributed by atoms with Gasteiger partial charge in [-0.05, 0) is 24.3 Å². The van der Waals surface area contributed by atoms with Crippen molar-refractivity contribution in [3.8, 4) is 0 Å².